The summed E-state index contributed by atoms with van der Waals surface area (Å²) in [6, 6.07) is 0. The zero-order valence-corrected chi connectivity index (χ0v) is 16.5. The standard InChI is InChI=1S/C6H18Cl4Si4/c1-11(2,7)13(5,9)14(6,10)12(3,4)8/h1-6H3. The van der Waals surface area contributed by atoms with Gasteiger partial charge >= 0.3 is 0 Å². The Hall–Kier alpha value is 2.03. The molecule has 0 spiro atoms. The van der Waals surface area contributed by atoms with Crippen molar-refractivity contribution in [2.45, 2.75) is 39.3 Å². The van der Waals surface area contributed by atoms with Crippen LogP contribution in [0.15, 0.2) is 0 Å². The minimum absolute atomic E-state index is 1.87. The Morgan fingerprint density at radius 3 is 0.714 bits per heavy atom. The van der Waals surface area contributed by atoms with E-state index in [9.17, 15) is 0 Å². The van der Waals surface area contributed by atoms with Crippen LogP contribution in [0, 0.1) is 0 Å². The highest BCUT2D eigenvalue weighted by atomic mass is 35.6. The quantitative estimate of drug-likeness (QED) is 0.513. The van der Waals surface area contributed by atoms with Crippen LogP contribution in [0.4, 0.5) is 0 Å². The fourth-order valence-electron chi connectivity index (χ4n) is 1.12. The number of hydrogen-bond donors (Lipinski definition) is 0. The van der Waals surface area contributed by atoms with E-state index in [1.807, 2.05) is 0 Å². The SMILES string of the molecule is C[Si](C)(Cl)[Si](C)(Cl)[Si](C)(Cl)[Si](C)(C)Cl. The van der Waals surface area contributed by atoms with Gasteiger partial charge in [-0.2, -0.15) is 44.3 Å². The second kappa shape index (κ2) is 4.36. The van der Waals surface area contributed by atoms with Crippen LogP contribution in [0.2, 0.25) is 39.3 Å². The summed E-state index contributed by atoms with van der Waals surface area (Å²) in [5.74, 6) is 0. The second-order valence-electron chi connectivity index (χ2n) is 4.95. The third kappa shape index (κ3) is 2.83. The summed E-state index contributed by atoms with van der Waals surface area (Å²) in [6.45, 7) is 8.87. The number of halogens is 4. The molecular weight excluding hydrogens is 326 g/mol. The molecule has 14 heavy (non-hydrogen) atoms. The van der Waals surface area contributed by atoms with Crippen molar-refractivity contribution >= 4 is 71.0 Å². The molecule has 0 aromatic heterocycles. The number of hydrogen-bond acceptors (Lipinski definition) is 0. The molecular formula is C6H18Cl4Si4. The molecule has 0 radical (unpaired) electrons. The fraction of sp³-hybridized carbons (Fsp3) is 1.00. The van der Waals surface area contributed by atoms with E-state index >= 15 is 0 Å². The molecule has 0 aliphatic carbocycles. The zero-order chi connectivity index (χ0) is 12.0. The van der Waals surface area contributed by atoms with Gasteiger partial charge < -0.3 is 0 Å². The highest BCUT2D eigenvalue weighted by Gasteiger charge is 2.64. The van der Waals surface area contributed by atoms with E-state index in [-0.39, 0.29) is 0 Å². The molecule has 0 rings (SSSR count). The minimum atomic E-state index is -2.06. The van der Waals surface area contributed by atoms with Crippen LogP contribution in [0.25, 0.3) is 0 Å². The molecule has 0 nitrogen and oxygen atoms in total. The average molecular weight is 344 g/mol. The lowest BCUT2D eigenvalue weighted by molar-refractivity contribution is 1.95. The van der Waals surface area contributed by atoms with Gasteiger partial charge in [-0.25, -0.2) is 0 Å². The van der Waals surface area contributed by atoms with E-state index in [1.54, 1.807) is 0 Å². The molecule has 8 heteroatoms. The molecule has 0 aromatic carbocycles. The van der Waals surface area contributed by atoms with Crippen LogP contribution in [-0.2, 0) is 0 Å². The first-order valence-corrected chi connectivity index (χ1v) is 22.6. The summed E-state index contributed by atoms with van der Waals surface area (Å²) in [7, 11) is 0. The molecule has 2 unspecified atom stereocenters. The van der Waals surface area contributed by atoms with Crippen molar-refractivity contribution in [2.24, 2.45) is 0 Å². The first-order valence-electron chi connectivity index (χ1n) is 4.51. The number of rotatable bonds is 3. The third-order valence-electron chi connectivity index (χ3n) is 3.11. The van der Waals surface area contributed by atoms with Gasteiger partial charge in [0.25, 0.3) is 0 Å². The largest absolute Gasteiger partial charge is 0.171 e. The van der Waals surface area contributed by atoms with Crippen LogP contribution < -0.4 is 0 Å². The maximum Gasteiger partial charge on any atom is 0.169 e. The van der Waals surface area contributed by atoms with E-state index < -0.39 is 26.6 Å². The summed E-state index contributed by atoms with van der Waals surface area (Å²) in [5, 5.41) is 0. The van der Waals surface area contributed by atoms with Gasteiger partial charge in [0.2, 0.25) is 0 Å². The van der Waals surface area contributed by atoms with Gasteiger partial charge in [0.05, 0.1) is 0 Å². The van der Waals surface area contributed by atoms with Crippen molar-refractivity contribution < 1.29 is 0 Å². The van der Waals surface area contributed by atoms with Gasteiger partial charge in [0.15, 0.2) is 26.6 Å². The van der Waals surface area contributed by atoms with Crippen LogP contribution in [-0.4, -0.2) is 26.6 Å². The molecule has 0 bridgehead atoms. The van der Waals surface area contributed by atoms with E-state index in [0.29, 0.717) is 0 Å². The fourth-order valence-corrected chi connectivity index (χ4v) is 76.9. The molecule has 0 amide bonds. The highest BCUT2D eigenvalue weighted by molar-refractivity contribution is 8.07. The van der Waals surface area contributed by atoms with Crippen LogP contribution in [0.5, 0.6) is 0 Å². The summed E-state index contributed by atoms with van der Waals surface area (Å²) in [4.78, 5) is 0. The van der Waals surface area contributed by atoms with E-state index in [2.05, 4.69) is 39.3 Å². The average Bonchev–Trinajstić information content (AvgIpc) is 1.81. The lowest BCUT2D eigenvalue weighted by Crippen LogP contribution is -2.73. The van der Waals surface area contributed by atoms with Crippen molar-refractivity contribution in [3.05, 3.63) is 0 Å². The van der Waals surface area contributed by atoms with Gasteiger partial charge in [-0.05, 0) is 0 Å². The molecule has 0 heterocycles. The highest BCUT2D eigenvalue weighted by Crippen LogP contribution is 2.42. The van der Waals surface area contributed by atoms with Gasteiger partial charge in [-0.3, -0.25) is 0 Å². The van der Waals surface area contributed by atoms with Gasteiger partial charge in [0.1, 0.15) is 0 Å². The molecule has 2 atom stereocenters. The van der Waals surface area contributed by atoms with Gasteiger partial charge in [-0.1, -0.05) is 39.3 Å². The third-order valence-corrected chi connectivity index (χ3v) is 81.0. The Balaban J connectivity index is 5.30. The van der Waals surface area contributed by atoms with Gasteiger partial charge in [-0.15, -0.1) is 0 Å². The maximum atomic E-state index is 6.74. The molecule has 0 aliphatic rings. The molecule has 0 fully saturated rings. The topological polar surface area (TPSA) is 0 Å². The first kappa shape index (κ1) is 16.0. The Labute approximate surface area is 109 Å². The predicted octanol–water partition coefficient (Wildman–Crippen LogP) is 4.74. The van der Waals surface area contributed by atoms with Crippen molar-refractivity contribution in [2.75, 3.05) is 0 Å². The predicted molar refractivity (Wildman–Crippen MR) is 81.6 cm³/mol. The Kier molecular flexibility index (Phi) is 5.00. The minimum Gasteiger partial charge on any atom is -0.171 e. The molecule has 0 aliphatic heterocycles. The second-order valence-corrected chi connectivity index (χ2v) is 53.3. The monoisotopic (exact) mass is 342 g/mol. The zero-order valence-electron chi connectivity index (χ0n) is 9.51. The smallest absolute Gasteiger partial charge is 0.169 e. The Morgan fingerprint density at radius 1 is 0.500 bits per heavy atom. The molecule has 0 N–H and O–H groups in total. The first-order chi connectivity index (χ1) is 5.75. The summed E-state index contributed by atoms with van der Waals surface area (Å²) < 4.78 is 0. The van der Waals surface area contributed by atoms with E-state index in [0.717, 1.165) is 0 Å². The summed E-state index contributed by atoms with van der Waals surface area (Å²) in [5.41, 5.74) is 0. The normalized spacial score (nSPS) is 22.7. The lowest BCUT2D eigenvalue weighted by atomic mass is 11.9. The summed E-state index contributed by atoms with van der Waals surface area (Å²) in [6.07, 6.45) is -4.11. The van der Waals surface area contributed by atoms with Crippen LogP contribution >= 0.6 is 44.3 Å². The Bertz CT molecular complexity index is 191. The molecule has 0 aromatic rings. The molecule has 0 saturated carbocycles. The van der Waals surface area contributed by atoms with Gasteiger partial charge in [0, 0.05) is 0 Å². The molecule has 86 valence electrons. The molecule has 0 saturated heterocycles. The lowest BCUT2D eigenvalue weighted by Gasteiger charge is -2.44. The Morgan fingerprint density at radius 2 is 0.643 bits per heavy atom. The van der Waals surface area contributed by atoms with Crippen LogP contribution in [0.1, 0.15) is 0 Å². The maximum absolute atomic E-state index is 6.74. The van der Waals surface area contributed by atoms with E-state index in [4.69, 9.17) is 44.3 Å². The summed E-state index contributed by atoms with van der Waals surface area (Å²) >= 11 is 26.5. The van der Waals surface area contributed by atoms with E-state index in [1.165, 1.54) is 0 Å². The van der Waals surface area contributed by atoms with Crippen LogP contribution in [0.3, 0.4) is 0 Å². The van der Waals surface area contributed by atoms with Crippen molar-refractivity contribution in [3.8, 4) is 0 Å². The van der Waals surface area contributed by atoms with Crippen molar-refractivity contribution in [1.82, 2.24) is 0 Å². The van der Waals surface area contributed by atoms with Crippen molar-refractivity contribution in [3.63, 3.8) is 0 Å². The van der Waals surface area contributed by atoms with Crippen molar-refractivity contribution in [1.29, 1.82) is 0 Å².